The van der Waals surface area contributed by atoms with Gasteiger partial charge >= 0.3 is 0 Å². The minimum absolute atomic E-state index is 0.0165. The van der Waals surface area contributed by atoms with Crippen LogP contribution in [0.5, 0.6) is 17.2 Å². The number of hydrogen-bond acceptors (Lipinski definition) is 6. The van der Waals surface area contributed by atoms with Crippen molar-refractivity contribution in [1.82, 2.24) is 9.80 Å². The van der Waals surface area contributed by atoms with E-state index in [2.05, 4.69) is 6.07 Å². The van der Waals surface area contributed by atoms with E-state index in [1.165, 1.54) is 0 Å². The van der Waals surface area contributed by atoms with E-state index in [4.69, 9.17) is 25.8 Å². The van der Waals surface area contributed by atoms with Gasteiger partial charge in [-0.1, -0.05) is 31.5 Å². The van der Waals surface area contributed by atoms with Crippen molar-refractivity contribution in [3.05, 3.63) is 74.9 Å². The number of aryl methyl sites for hydroxylation is 1. The number of carbonyl (C=O) groups excluding carboxylic acids is 2. The molecule has 0 aliphatic carbocycles. The molecule has 2 aromatic carbocycles. The van der Waals surface area contributed by atoms with Gasteiger partial charge in [0.05, 0.1) is 27.3 Å². The van der Waals surface area contributed by atoms with Crippen molar-refractivity contribution >= 4 is 34.8 Å². The number of thiophene rings is 1. The van der Waals surface area contributed by atoms with Gasteiger partial charge in [-0.25, -0.2) is 0 Å². The summed E-state index contributed by atoms with van der Waals surface area (Å²) in [6.07, 6.45) is 0.633. The Morgan fingerprint density at radius 3 is 2.28 bits per heavy atom. The number of benzene rings is 2. The van der Waals surface area contributed by atoms with Gasteiger partial charge in [-0.2, -0.15) is 0 Å². The first-order valence-electron chi connectivity index (χ1n) is 12.9. The van der Waals surface area contributed by atoms with E-state index in [0.717, 1.165) is 16.0 Å². The molecule has 0 saturated heterocycles. The molecular formula is C30H37ClN2O5S. The van der Waals surface area contributed by atoms with Crippen molar-refractivity contribution < 1.29 is 23.8 Å². The molecule has 3 rings (SSSR count). The number of methoxy groups -OCH3 is 2. The van der Waals surface area contributed by atoms with Gasteiger partial charge in [-0.05, 0) is 78.2 Å². The summed E-state index contributed by atoms with van der Waals surface area (Å²) in [6, 6.07) is 14.7. The molecule has 0 radical (unpaired) electrons. The molecule has 0 atom stereocenters. The van der Waals surface area contributed by atoms with Crippen LogP contribution in [0.1, 0.15) is 29.9 Å². The Balaban J connectivity index is 1.73. The summed E-state index contributed by atoms with van der Waals surface area (Å²) in [5.41, 5.74) is 2.18. The number of ether oxygens (including phenoxy) is 3. The summed E-state index contributed by atoms with van der Waals surface area (Å²) in [4.78, 5) is 31.4. The quantitative estimate of drug-likeness (QED) is 0.242. The maximum absolute atomic E-state index is 13.7. The average molecular weight is 573 g/mol. The summed E-state index contributed by atoms with van der Waals surface area (Å²) < 4.78 is 16.5. The Morgan fingerprint density at radius 1 is 0.949 bits per heavy atom. The lowest BCUT2D eigenvalue weighted by atomic mass is 10.1. The SMILES string of the molecule is COc1ccc(CCN(Cc2sccc2C)C(=O)CN(CC(C)C)C(=O)COc2ccc(Cl)cc2)cc1OC. The zero-order valence-electron chi connectivity index (χ0n) is 23.2. The second-order valence-electron chi connectivity index (χ2n) is 9.69. The molecule has 0 aliphatic heterocycles. The standard InChI is InChI=1S/C30H37ClN2O5S/c1-21(2)17-33(30(35)20-38-25-9-7-24(31)8-10-25)19-29(34)32(18-28-22(3)13-15-39-28)14-12-23-6-11-26(36-4)27(16-23)37-5/h6-11,13,15-16,21H,12,14,17-20H2,1-5H3. The van der Waals surface area contributed by atoms with Crippen LogP contribution < -0.4 is 14.2 Å². The van der Waals surface area contributed by atoms with E-state index in [1.54, 1.807) is 54.7 Å². The number of halogens is 1. The van der Waals surface area contributed by atoms with Crippen molar-refractivity contribution in [2.75, 3.05) is 40.5 Å². The smallest absolute Gasteiger partial charge is 0.260 e. The fourth-order valence-corrected chi connectivity index (χ4v) is 5.10. The molecule has 0 spiro atoms. The van der Waals surface area contributed by atoms with Gasteiger partial charge in [0.2, 0.25) is 5.91 Å². The minimum Gasteiger partial charge on any atom is -0.493 e. The number of nitrogens with zero attached hydrogens (tertiary/aromatic N) is 2. The molecule has 0 bridgehead atoms. The first-order chi connectivity index (χ1) is 18.7. The molecule has 210 valence electrons. The highest BCUT2D eigenvalue weighted by Gasteiger charge is 2.23. The number of amides is 2. The van der Waals surface area contributed by atoms with E-state index in [1.807, 2.05) is 49.3 Å². The Labute approximate surface area is 240 Å². The van der Waals surface area contributed by atoms with Gasteiger partial charge < -0.3 is 24.0 Å². The maximum Gasteiger partial charge on any atom is 0.260 e. The third-order valence-corrected chi connectivity index (χ3v) is 7.47. The normalized spacial score (nSPS) is 10.8. The molecule has 3 aromatic rings. The van der Waals surface area contributed by atoms with Crippen LogP contribution in [0.25, 0.3) is 0 Å². The monoisotopic (exact) mass is 572 g/mol. The average Bonchev–Trinajstić information content (AvgIpc) is 3.33. The highest BCUT2D eigenvalue weighted by molar-refractivity contribution is 7.10. The Hall–Kier alpha value is -3.23. The first kappa shape index (κ1) is 30.3. The molecule has 39 heavy (non-hydrogen) atoms. The topological polar surface area (TPSA) is 68.3 Å². The lowest BCUT2D eigenvalue weighted by molar-refractivity contribution is -0.142. The molecule has 0 fully saturated rings. The van der Waals surface area contributed by atoms with Crippen LogP contribution in [0.3, 0.4) is 0 Å². The summed E-state index contributed by atoms with van der Waals surface area (Å²) >= 11 is 7.57. The lowest BCUT2D eigenvalue weighted by Crippen LogP contribution is -2.46. The van der Waals surface area contributed by atoms with Gasteiger partial charge in [0.25, 0.3) is 5.91 Å². The van der Waals surface area contributed by atoms with E-state index < -0.39 is 0 Å². The molecule has 0 aliphatic rings. The summed E-state index contributed by atoms with van der Waals surface area (Å²) in [5.74, 6) is 1.71. The molecule has 0 N–H and O–H groups in total. The number of rotatable bonds is 14. The lowest BCUT2D eigenvalue weighted by Gasteiger charge is -2.29. The number of carbonyl (C=O) groups is 2. The second-order valence-corrected chi connectivity index (χ2v) is 11.1. The van der Waals surface area contributed by atoms with Crippen molar-refractivity contribution in [3.63, 3.8) is 0 Å². The van der Waals surface area contributed by atoms with Crippen molar-refractivity contribution in [2.45, 2.75) is 33.7 Å². The van der Waals surface area contributed by atoms with Crippen LogP contribution in [-0.4, -0.2) is 62.1 Å². The molecule has 1 aromatic heterocycles. The molecular weight excluding hydrogens is 536 g/mol. The van der Waals surface area contributed by atoms with Crippen molar-refractivity contribution in [1.29, 1.82) is 0 Å². The minimum atomic E-state index is -0.237. The van der Waals surface area contributed by atoms with Crippen molar-refractivity contribution in [2.24, 2.45) is 5.92 Å². The summed E-state index contributed by atoms with van der Waals surface area (Å²) in [7, 11) is 3.21. The third-order valence-electron chi connectivity index (χ3n) is 6.21. The fourth-order valence-electron chi connectivity index (χ4n) is 4.06. The van der Waals surface area contributed by atoms with Crippen molar-refractivity contribution in [3.8, 4) is 17.2 Å². The zero-order valence-corrected chi connectivity index (χ0v) is 24.8. The van der Waals surface area contributed by atoms with Gasteiger partial charge in [-0.3, -0.25) is 9.59 Å². The van der Waals surface area contributed by atoms with E-state index >= 15 is 0 Å². The molecule has 0 unspecified atom stereocenters. The molecule has 0 saturated carbocycles. The van der Waals surface area contributed by atoms with Crippen LogP contribution in [0.4, 0.5) is 0 Å². The largest absolute Gasteiger partial charge is 0.493 e. The number of hydrogen-bond donors (Lipinski definition) is 0. The Bertz CT molecular complexity index is 1230. The van der Waals surface area contributed by atoms with Gasteiger partial charge in [-0.15, -0.1) is 11.3 Å². The predicted molar refractivity (Wildman–Crippen MR) is 156 cm³/mol. The molecule has 2 amide bonds. The predicted octanol–water partition coefficient (Wildman–Crippen LogP) is 5.86. The maximum atomic E-state index is 13.7. The van der Waals surface area contributed by atoms with Crippen LogP contribution >= 0.6 is 22.9 Å². The van der Waals surface area contributed by atoms with Gasteiger partial charge in [0.1, 0.15) is 5.75 Å². The van der Waals surface area contributed by atoms with Gasteiger partial charge in [0.15, 0.2) is 18.1 Å². The van der Waals surface area contributed by atoms with Crippen LogP contribution in [0.2, 0.25) is 5.02 Å². The molecule has 7 nitrogen and oxygen atoms in total. The highest BCUT2D eigenvalue weighted by atomic mass is 35.5. The Kier molecular flexibility index (Phi) is 11.5. The summed E-state index contributed by atoms with van der Waals surface area (Å²) in [5, 5.41) is 2.62. The second kappa shape index (κ2) is 14.8. The van der Waals surface area contributed by atoms with E-state index in [0.29, 0.717) is 48.3 Å². The van der Waals surface area contributed by atoms with E-state index in [9.17, 15) is 9.59 Å². The third kappa shape index (κ3) is 9.18. The first-order valence-corrected chi connectivity index (χ1v) is 14.1. The highest BCUT2D eigenvalue weighted by Crippen LogP contribution is 2.28. The van der Waals surface area contributed by atoms with Gasteiger partial charge in [0, 0.05) is 23.0 Å². The fraction of sp³-hybridized carbons (Fsp3) is 0.400. The summed E-state index contributed by atoms with van der Waals surface area (Å²) in [6.45, 7) is 7.36. The van der Waals surface area contributed by atoms with Crippen LogP contribution in [-0.2, 0) is 22.6 Å². The van der Waals surface area contributed by atoms with Crippen LogP contribution in [0.15, 0.2) is 53.9 Å². The zero-order chi connectivity index (χ0) is 28.4. The molecule has 9 heteroatoms. The van der Waals surface area contributed by atoms with E-state index in [-0.39, 0.29) is 30.9 Å². The van der Waals surface area contributed by atoms with Crippen LogP contribution in [0, 0.1) is 12.8 Å². The molecule has 1 heterocycles. The Morgan fingerprint density at radius 2 is 1.67 bits per heavy atom.